The zero-order chi connectivity index (χ0) is 20.3. The van der Waals surface area contributed by atoms with Crippen molar-refractivity contribution < 1.29 is 19.5 Å². The van der Waals surface area contributed by atoms with E-state index in [1.807, 2.05) is 13.0 Å². The lowest BCUT2D eigenvalue weighted by Gasteiger charge is -2.14. The van der Waals surface area contributed by atoms with Crippen molar-refractivity contribution in [1.29, 1.82) is 0 Å². The molecule has 1 heterocycles. The van der Waals surface area contributed by atoms with E-state index in [9.17, 15) is 14.4 Å². The molecule has 1 aliphatic rings. The molecule has 1 fully saturated rings. The van der Waals surface area contributed by atoms with E-state index in [0.29, 0.717) is 20.7 Å². The van der Waals surface area contributed by atoms with Crippen molar-refractivity contribution in [3.63, 3.8) is 0 Å². The van der Waals surface area contributed by atoms with Crippen LogP contribution in [0.3, 0.4) is 0 Å². The quantitative estimate of drug-likeness (QED) is 0.527. The number of rotatable bonds is 6. The van der Waals surface area contributed by atoms with E-state index < -0.39 is 12.0 Å². The second kappa shape index (κ2) is 8.83. The topological polar surface area (TPSA) is 108 Å². The van der Waals surface area contributed by atoms with Gasteiger partial charge in [-0.05, 0) is 47.8 Å². The highest BCUT2D eigenvalue weighted by Crippen LogP contribution is 2.32. The summed E-state index contributed by atoms with van der Waals surface area (Å²) in [6, 6.07) is 4.84. The van der Waals surface area contributed by atoms with Gasteiger partial charge in [0.1, 0.15) is 0 Å². The minimum absolute atomic E-state index is 0.0129. The molecule has 148 valence electrons. The number of anilines is 2. The first kappa shape index (κ1) is 20.5. The number of carbonyl (C=O) groups is 3. The number of nitrogens with one attached hydrogen (secondary N) is 2. The highest BCUT2D eigenvalue weighted by atomic mass is 79.9. The standard InChI is InChI=1S/C19H20BrN3O4S/c1-10-6-7-13(12(8-10)16(26)11-4-2-3-5-11)21-18(27)23-19-22-14(9-15(24)25)17(20)28-19/h6-8,11H,2-5,9H2,1H3,(H,24,25)(H2,21,22,23,27). The fraction of sp³-hybridized carbons (Fsp3) is 0.368. The Bertz CT molecular complexity index is 922. The van der Waals surface area contributed by atoms with E-state index in [1.165, 1.54) is 0 Å². The van der Waals surface area contributed by atoms with Crippen molar-refractivity contribution in [2.75, 3.05) is 10.6 Å². The summed E-state index contributed by atoms with van der Waals surface area (Å²) in [4.78, 5) is 40.2. The van der Waals surface area contributed by atoms with Gasteiger partial charge in [0.05, 0.1) is 21.6 Å². The highest BCUT2D eigenvalue weighted by Gasteiger charge is 2.26. The van der Waals surface area contributed by atoms with Crippen LogP contribution in [0.2, 0.25) is 0 Å². The number of nitrogens with zero attached hydrogens (tertiary/aromatic N) is 1. The van der Waals surface area contributed by atoms with Gasteiger partial charge in [-0.1, -0.05) is 35.8 Å². The molecular formula is C19H20BrN3O4S. The zero-order valence-corrected chi connectivity index (χ0v) is 17.7. The molecule has 7 nitrogen and oxygen atoms in total. The Morgan fingerprint density at radius 2 is 1.96 bits per heavy atom. The molecule has 1 aliphatic carbocycles. The van der Waals surface area contributed by atoms with Gasteiger partial charge in [0.25, 0.3) is 0 Å². The largest absolute Gasteiger partial charge is 0.481 e. The zero-order valence-electron chi connectivity index (χ0n) is 15.3. The number of hydrogen-bond acceptors (Lipinski definition) is 5. The molecule has 28 heavy (non-hydrogen) atoms. The number of aryl methyl sites for hydroxylation is 1. The van der Waals surface area contributed by atoms with E-state index in [2.05, 4.69) is 31.5 Å². The monoisotopic (exact) mass is 465 g/mol. The SMILES string of the molecule is Cc1ccc(NC(=O)Nc2nc(CC(=O)O)c(Br)s2)c(C(=O)C2CCCC2)c1. The van der Waals surface area contributed by atoms with Gasteiger partial charge in [-0.15, -0.1) is 0 Å². The van der Waals surface area contributed by atoms with Crippen LogP contribution in [0.1, 0.15) is 47.3 Å². The number of Topliss-reactive ketones (excluding diaryl/α,β-unsaturated/α-hetero) is 1. The maximum Gasteiger partial charge on any atom is 0.325 e. The number of amides is 2. The van der Waals surface area contributed by atoms with Crippen LogP contribution in [0.15, 0.2) is 22.0 Å². The van der Waals surface area contributed by atoms with Crippen molar-refractivity contribution in [3.05, 3.63) is 38.8 Å². The second-order valence-corrected chi connectivity index (χ2v) is 9.10. The number of halogens is 1. The molecule has 1 saturated carbocycles. The van der Waals surface area contributed by atoms with Crippen molar-refractivity contribution >= 4 is 55.9 Å². The number of carboxylic acids is 1. The molecule has 0 atom stereocenters. The third-order valence-electron chi connectivity index (χ3n) is 4.60. The van der Waals surface area contributed by atoms with Crippen molar-refractivity contribution in [1.82, 2.24) is 4.98 Å². The maximum absolute atomic E-state index is 12.9. The smallest absolute Gasteiger partial charge is 0.325 e. The molecule has 3 rings (SSSR count). The summed E-state index contributed by atoms with van der Waals surface area (Å²) in [5.74, 6) is -0.923. The molecule has 1 aromatic heterocycles. The van der Waals surface area contributed by atoms with Crippen LogP contribution in [0.4, 0.5) is 15.6 Å². The average Bonchev–Trinajstić information content (AvgIpc) is 3.26. The van der Waals surface area contributed by atoms with Crippen molar-refractivity contribution in [3.8, 4) is 0 Å². The minimum atomic E-state index is -1.00. The van der Waals surface area contributed by atoms with Crippen LogP contribution >= 0.6 is 27.3 Å². The molecule has 0 bridgehead atoms. The Morgan fingerprint density at radius 1 is 1.25 bits per heavy atom. The molecule has 0 aliphatic heterocycles. The summed E-state index contributed by atoms with van der Waals surface area (Å²) in [7, 11) is 0. The third kappa shape index (κ3) is 4.96. The van der Waals surface area contributed by atoms with Crippen LogP contribution in [-0.2, 0) is 11.2 Å². The van der Waals surface area contributed by atoms with Crippen molar-refractivity contribution in [2.45, 2.75) is 39.0 Å². The Hall–Kier alpha value is -2.26. The second-order valence-electron chi connectivity index (χ2n) is 6.78. The number of hydrogen-bond donors (Lipinski definition) is 3. The number of thiazole rings is 1. The van der Waals surface area contributed by atoms with Gasteiger partial charge in [0, 0.05) is 11.5 Å². The molecule has 3 N–H and O–H groups in total. The van der Waals surface area contributed by atoms with Crippen LogP contribution in [0.5, 0.6) is 0 Å². The summed E-state index contributed by atoms with van der Waals surface area (Å²) >= 11 is 4.39. The van der Waals surface area contributed by atoms with E-state index >= 15 is 0 Å². The van der Waals surface area contributed by atoms with Crippen LogP contribution < -0.4 is 10.6 Å². The van der Waals surface area contributed by atoms with Crippen molar-refractivity contribution in [2.24, 2.45) is 5.92 Å². The first-order valence-electron chi connectivity index (χ1n) is 8.93. The van der Waals surface area contributed by atoms with Crippen LogP contribution in [0, 0.1) is 12.8 Å². The summed E-state index contributed by atoms with van der Waals surface area (Å²) < 4.78 is 0.553. The molecule has 2 aromatic rings. The molecule has 0 unspecified atom stereocenters. The molecule has 0 spiro atoms. The Labute approximate surface area is 174 Å². The minimum Gasteiger partial charge on any atom is -0.481 e. The molecular weight excluding hydrogens is 446 g/mol. The van der Waals surface area contributed by atoms with Crippen LogP contribution in [0.25, 0.3) is 0 Å². The van der Waals surface area contributed by atoms with E-state index in [4.69, 9.17) is 5.11 Å². The van der Waals surface area contributed by atoms with E-state index in [0.717, 1.165) is 42.6 Å². The number of carboxylic acid groups (broad SMARTS) is 1. The first-order valence-corrected chi connectivity index (χ1v) is 10.5. The Morgan fingerprint density at radius 3 is 2.64 bits per heavy atom. The summed E-state index contributed by atoms with van der Waals surface area (Å²) in [5, 5.41) is 14.5. The lowest BCUT2D eigenvalue weighted by molar-refractivity contribution is -0.136. The molecule has 1 aromatic carbocycles. The van der Waals surface area contributed by atoms with Gasteiger partial charge >= 0.3 is 12.0 Å². The number of carbonyl (C=O) groups excluding carboxylic acids is 2. The van der Waals surface area contributed by atoms with Gasteiger partial charge < -0.3 is 10.4 Å². The maximum atomic E-state index is 12.9. The van der Waals surface area contributed by atoms with Gasteiger partial charge in [-0.2, -0.15) is 0 Å². The lowest BCUT2D eigenvalue weighted by atomic mass is 9.94. The predicted octanol–water partition coefficient (Wildman–Crippen LogP) is 4.86. The Balaban J connectivity index is 1.73. The van der Waals surface area contributed by atoms with Gasteiger partial charge in [-0.3, -0.25) is 14.9 Å². The first-order chi connectivity index (χ1) is 13.3. The number of benzene rings is 1. The van der Waals surface area contributed by atoms with Gasteiger partial charge in [0.2, 0.25) is 0 Å². The highest BCUT2D eigenvalue weighted by molar-refractivity contribution is 9.11. The van der Waals surface area contributed by atoms with Gasteiger partial charge in [-0.25, -0.2) is 9.78 Å². The molecule has 0 radical (unpaired) electrons. The predicted molar refractivity (Wildman–Crippen MR) is 111 cm³/mol. The number of aliphatic carboxylic acids is 1. The lowest BCUT2D eigenvalue weighted by Crippen LogP contribution is -2.22. The third-order valence-corrected chi connectivity index (χ3v) is 6.35. The summed E-state index contributed by atoms with van der Waals surface area (Å²) in [6.45, 7) is 1.91. The fourth-order valence-corrected chi connectivity index (χ4v) is 4.66. The van der Waals surface area contributed by atoms with E-state index in [1.54, 1.807) is 12.1 Å². The molecule has 9 heteroatoms. The number of aromatic nitrogens is 1. The number of urea groups is 1. The molecule has 2 amide bonds. The number of ketones is 1. The average molecular weight is 466 g/mol. The summed E-state index contributed by atoms with van der Waals surface area (Å²) in [5.41, 5.74) is 2.28. The van der Waals surface area contributed by atoms with E-state index in [-0.39, 0.29) is 23.3 Å². The summed E-state index contributed by atoms with van der Waals surface area (Å²) in [6.07, 6.45) is 3.65. The fourth-order valence-electron chi connectivity index (χ4n) is 3.27. The molecule has 0 saturated heterocycles. The Kier molecular flexibility index (Phi) is 6.46. The van der Waals surface area contributed by atoms with Gasteiger partial charge in [0.15, 0.2) is 10.9 Å². The normalized spacial score (nSPS) is 14.1. The van der Waals surface area contributed by atoms with Crippen LogP contribution in [-0.4, -0.2) is 27.9 Å².